The molecule has 17 heavy (non-hydrogen) atoms. The van der Waals surface area contributed by atoms with Crippen molar-refractivity contribution >= 4 is 11.8 Å². The molecule has 1 aromatic carbocycles. The summed E-state index contributed by atoms with van der Waals surface area (Å²) in [5.41, 5.74) is 1.13. The van der Waals surface area contributed by atoms with E-state index in [9.17, 15) is 0 Å². The molecule has 5 heteroatoms. The predicted molar refractivity (Wildman–Crippen MR) is 64.5 cm³/mol. The van der Waals surface area contributed by atoms with Crippen LogP contribution in [0, 0.1) is 11.3 Å². The number of nitrogens with zero attached hydrogens (tertiary/aromatic N) is 3. The fourth-order valence-electron chi connectivity index (χ4n) is 1.31. The first kappa shape index (κ1) is 11.7. The van der Waals surface area contributed by atoms with Crippen LogP contribution in [0.15, 0.2) is 40.0 Å². The van der Waals surface area contributed by atoms with Crippen molar-refractivity contribution in [3.8, 4) is 6.07 Å². The zero-order chi connectivity index (χ0) is 12.1. The molecule has 0 fully saturated rings. The summed E-state index contributed by atoms with van der Waals surface area (Å²) in [5.74, 6) is 0.573. The van der Waals surface area contributed by atoms with Crippen LogP contribution in [0.1, 0.15) is 18.4 Å². The van der Waals surface area contributed by atoms with Gasteiger partial charge in [-0.1, -0.05) is 30.3 Å². The summed E-state index contributed by atoms with van der Waals surface area (Å²) >= 11 is 1.27. The molecule has 0 N–H and O–H groups in total. The van der Waals surface area contributed by atoms with Crippen molar-refractivity contribution in [3.05, 3.63) is 41.8 Å². The summed E-state index contributed by atoms with van der Waals surface area (Å²) < 4.78 is 5.45. The normalized spacial score (nSPS) is 12.0. The minimum Gasteiger partial charge on any atom is -0.416 e. The predicted octanol–water partition coefficient (Wildman–Crippen LogP) is 2.66. The summed E-state index contributed by atoms with van der Waals surface area (Å²) in [7, 11) is 0. The molecule has 0 aliphatic rings. The number of thioether (sulfide) groups is 1. The van der Waals surface area contributed by atoms with Crippen molar-refractivity contribution in [1.82, 2.24) is 10.2 Å². The quantitative estimate of drug-likeness (QED) is 0.775. The Morgan fingerprint density at radius 3 is 2.82 bits per heavy atom. The lowest BCUT2D eigenvalue weighted by molar-refractivity contribution is 0.420. The second-order valence-electron chi connectivity index (χ2n) is 3.51. The molecule has 0 bridgehead atoms. The smallest absolute Gasteiger partial charge is 0.277 e. The fraction of sp³-hybridized carbons (Fsp3) is 0.250. The molecule has 2 rings (SSSR count). The summed E-state index contributed by atoms with van der Waals surface area (Å²) in [4.78, 5) is 0. The number of rotatable bonds is 4. The molecule has 0 radical (unpaired) electrons. The van der Waals surface area contributed by atoms with Gasteiger partial charge in [0.25, 0.3) is 5.22 Å². The monoisotopic (exact) mass is 245 g/mol. The van der Waals surface area contributed by atoms with Gasteiger partial charge in [-0.25, -0.2) is 0 Å². The maximum absolute atomic E-state index is 8.68. The van der Waals surface area contributed by atoms with Crippen molar-refractivity contribution < 1.29 is 4.42 Å². The average molecular weight is 245 g/mol. The lowest BCUT2D eigenvalue weighted by Crippen LogP contribution is -1.88. The minimum absolute atomic E-state index is 0.181. The van der Waals surface area contributed by atoms with E-state index in [0.717, 1.165) is 5.56 Å². The Morgan fingerprint density at radius 2 is 2.12 bits per heavy atom. The molecule has 0 saturated heterocycles. The van der Waals surface area contributed by atoms with Crippen LogP contribution in [-0.4, -0.2) is 15.4 Å². The van der Waals surface area contributed by atoms with E-state index in [-0.39, 0.29) is 5.25 Å². The summed E-state index contributed by atoms with van der Waals surface area (Å²) in [5, 5.41) is 16.8. The van der Waals surface area contributed by atoms with Crippen LogP contribution in [0.2, 0.25) is 0 Å². The topological polar surface area (TPSA) is 62.7 Å². The van der Waals surface area contributed by atoms with Crippen LogP contribution in [-0.2, 0) is 6.42 Å². The first-order valence-electron chi connectivity index (χ1n) is 5.20. The van der Waals surface area contributed by atoms with Crippen molar-refractivity contribution in [1.29, 1.82) is 5.26 Å². The molecule has 1 atom stereocenters. The van der Waals surface area contributed by atoms with Gasteiger partial charge in [-0.2, -0.15) is 5.26 Å². The molecule has 4 nitrogen and oxygen atoms in total. The van der Waals surface area contributed by atoms with E-state index in [1.54, 1.807) is 6.92 Å². The Balaban J connectivity index is 2.02. The minimum atomic E-state index is -0.181. The van der Waals surface area contributed by atoms with E-state index in [4.69, 9.17) is 9.68 Å². The molecule has 0 saturated carbocycles. The Bertz CT molecular complexity index is 518. The maximum Gasteiger partial charge on any atom is 0.277 e. The van der Waals surface area contributed by atoms with E-state index in [0.29, 0.717) is 17.5 Å². The van der Waals surface area contributed by atoms with Gasteiger partial charge in [0, 0.05) is 0 Å². The molecular formula is C12H11N3OS. The first-order chi connectivity index (χ1) is 8.28. The van der Waals surface area contributed by atoms with Gasteiger partial charge in [0.05, 0.1) is 17.7 Å². The molecule has 0 aliphatic heterocycles. The van der Waals surface area contributed by atoms with Gasteiger partial charge in [0.15, 0.2) is 0 Å². The van der Waals surface area contributed by atoms with Crippen molar-refractivity contribution in [2.45, 2.75) is 23.8 Å². The molecule has 0 unspecified atom stereocenters. The molecule has 1 heterocycles. The number of aromatic nitrogens is 2. The molecular weight excluding hydrogens is 234 g/mol. The Morgan fingerprint density at radius 1 is 1.35 bits per heavy atom. The molecule has 0 spiro atoms. The first-order valence-corrected chi connectivity index (χ1v) is 6.08. The number of benzene rings is 1. The van der Waals surface area contributed by atoms with Crippen molar-refractivity contribution in [3.63, 3.8) is 0 Å². The second kappa shape index (κ2) is 5.51. The van der Waals surface area contributed by atoms with E-state index in [2.05, 4.69) is 16.3 Å². The van der Waals surface area contributed by atoms with Crippen LogP contribution in [0.4, 0.5) is 0 Å². The van der Waals surface area contributed by atoms with Gasteiger partial charge in [0.2, 0.25) is 5.89 Å². The Labute approximate surface area is 104 Å². The summed E-state index contributed by atoms with van der Waals surface area (Å²) in [6, 6.07) is 12.0. The molecule has 1 aromatic heterocycles. The van der Waals surface area contributed by atoms with E-state index in [1.165, 1.54) is 11.8 Å². The zero-order valence-corrected chi connectivity index (χ0v) is 10.1. The molecule has 86 valence electrons. The third kappa shape index (κ3) is 3.33. The lowest BCUT2D eigenvalue weighted by Gasteiger charge is -1.96. The SMILES string of the molecule is C[C@@H](C#N)Sc1nnc(Cc2ccccc2)o1. The van der Waals surface area contributed by atoms with Crippen molar-refractivity contribution in [2.24, 2.45) is 0 Å². The zero-order valence-electron chi connectivity index (χ0n) is 9.33. The molecule has 0 amide bonds. The highest BCUT2D eigenvalue weighted by Gasteiger charge is 2.10. The van der Waals surface area contributed by atoms with Crippen molar-refractivity contribution in [2.75, 3.05) is 0 Å². The molecule has 0 aliphatic carbocycles. The standard InChI is InChI=1S/C12H11N3OS/c1-9(8-13)17-12-15-14-11(16-12)7-10-5-3-2-4-6-10/h2-6,9H,7H2,1H3/t9-/m0/s1. The fourth-order valence-corrected chi connectivity index (χ4v) is 1.89. The van der Waals surface area contributed by atoms with Gasteiger partial charge in [-0.3, -0.25) is 0 Å². The Kier molecular flexibility index (Phi) is 3.78. The highest BCUT2D eigenvalue weighted by molar-refractivity contribution is 7.99. The van der Waals surface area contributed by atoms with E-state index in [1.807, 2.05) is 30.3 Å². The number of hydrogen-bond acceptors (Lipinski definition) is 5. The highest BCUT2D eigenvalue weighted by Crippen LogP contribution is 2.21. The van der Waals surface area contributed by atoms with Crippen LogP contribution >= 0.6 is 11.8 Å². The van der Waals surface area contributed by atoms with Gasteiger partial charge >= 0.3 is 0 Å². The third-order valence-corrected chi connectivity index (χ3v) is 2.93. The lowest BCUT2D eigenvalue weighted by atomic mass is 10.2. The largest absolute Gasteiger partial charge is 0.416 e. The van der Waals surface area contributed by atoms with Gasteiger partial charge in [0.1, 0.15) is 0 Å². The van der Waals surface area contributed by atoms with Crippen LogP contribution in [0.3, 0.4) is 0 Å². The average Bonchev–Trinajstić information content (AvgIpc) is 2.77. The summed E-state index contributed by atoms with van der Waals surface area (Å²) in [6.07, 6.45) is 0.620. The Hall–Kier alpha value is -1.80. The molecule has 2 aromatic rings. The van der Waals surface area contributed by atoms with Crippen LogP contribution < -0.4 is 0 Å². The van der Waals surface area contributed by atoms with Crippen LogP contribution in [0.25, 0.3) is 0 Å². The number of hydrogen-bond donors (Lipinski definition) is 0. The van der Waals surface area contributed by atoms with E-state index < -0.39 is 0 Å². The van der Waals surface area contributed by atoms with Gasteiger partial charge < -0.3 is 4.42 Å². The summed E-state index contributed by atoms with van der Waals surface area (Å²) in [6.45, 7) is 1.80. The maximum atomic E-state index is 8.68. The van der Waals surface area contributed by atoms with Gasteiger partial charge in [-0.15, -0.1) is 10.2 Å². The highest BCUT2D eigenvalue weighted by atomic mass is 32.2. The number of nitriles is 1. The van der Waals surface area contributed by atoms with E-state index >= 15 is 0 Å². The van der Waals surface area contributed by atoms with Gasteiger partial charge in [-0.05, 0) is 24.2 Å². The third-order valence-electron chi connectivity index (χ3n) is 2.11. The van der Waals surface area contributed by atoms with Crippen LogP contribution in [0.5, 0.6) is 0 Å². The second-order valence-corrected chi connectivity index (χ2v) is 4.81.